The van der Waals surface area contributed by atoms with Crippen molar-refractivity contribution in [3.05, 3.63) is 70.6 Å². The molecule has 7 nitrogen and oxygen atoms in total. The Hall–Kier alpha value is -3.52. The molecule has 1 aliphatic rings. The zero-order valence-electron chi connectivity index (χ0n) is 16.8. The number of pyridine rings is 1. The Morgan fingerprint density at radius 1 is 0.968 bits per heavy atom. The molecule has 1 aromatic carbocycles. The van der Waals surface area contributed by atoms with Crippen molar-refractivity contribution in [2.75, 3.05) is 32.8 Å². The van der Waals surface area contributed by atoms with Crippen LogP contribution < -0.4 is 0 Å². The van der Waals surface area contributed by atoms with E-state index in [9.17, 15) is 14.4 Å². The van der Waals surface area contributed by atoms with Gasteiger partial charge in [0.2, 0.25) is 0 Å². The van der Waals surface area contributed by atoms with Crippen molar-refractivity contribution in [2.24, 2.45) is 0 Å². The Bertz CT molecular complexity index is 1120. The van der Waals surface area contributed by atoms with E-state index >= 15 is 0 Å². The smallest absolute Gasteiger partial charge is 0.331 e. The number of rotatable bonds is 5. The van der Waals surface area contributed by atoms with Gasteiger partial charge in [-0.15, -0.1) is 11.3 Å². The highest BCUT2D eigenvalue weighted by Gasteiger charge is 2.25. The number of aromatic nitrogens is 1. The molecule has 0 spiro atoms. The van der Waals surface area contributed by atoms with Gasteiger partial charge in [0, 0.05) is 37.6 Å². The van der Waals surface area contributed by atoms with Crippen LogP contribution in [0.25, 0.3) is 17.0 Å². The summed E-state index contributed by atoms with van der Waals surface area (Å²) in [5, 5.41) is 2.89. The van der Waals surface area contributed by atoms with Crippen LogP contribution >= 0.6 is 11.3 Å². The van der Waals surface area contributed by atoms with E-state index in [4.69, 9.17) is 4.74 Å². The molecule has 3 aromatic rings. The van der Waals surface area contributed by atoms with E-state index in [1.807, 2.05) is 47.8 Å². The molecule has 1 aliphatic heterocycles. The second-order valence-electron chi connectivity index (χ2n) is 7.02. The number of fused-ring (bicyclic) bond motifs is 1. The van der Waals surface area contributed by atoms with E-state index in [0.717, 1.165) is 10.9 Å². The van der Waals surface area contributed by atoms with Crippen LogP contribution in [0, 0.1) is 0 Å². The lowest BCUT2D eigenvalue weighted by Crippen LogP contribution is -2.51. The first-order valence-corrected chi connectivity index (χ1v) is 10.8. The topological polar surface area (TPSA) is 79.8 Å². The summed E-state index contributed by atoms with van der Waals surface area (Å²) in [6, 6.07) is 15.1. The number of thiophene rings is 1. The second-order valence-corrected chi connectivity index (χ2v) is 7.97. The van der Waals surface area contributed by atoms with Crippen molar-refractivity contribution in [1.82, 2.24) is 14.8 Å². The molecule has 0 aliphatic carbocycles. The van der Waals surface area contributed by atoms with Gasteiger partial charge in [-0.3, -0.25) is 9.59 Å². The van der Waals surface area contributed by atoms with E-state index in [0.29, 0.717) is 36.8 Å². The minimum atomic E-state index is -0.602. The molecule has 2 amide bonds. The number of piperazine rings is 1. The van der Waals surface area contributed by atoms with Crippen LogP contribution in [-0.2, 0) is 14.3 Å². The van der Waals surface area contributed by atoms with Gasteiger partial charge in [0.05, 0.1) is 16.1 Å². The number of esters is 1. The highest BCUT2D eigenvalue weighted by Crippen LogP contribution is 2.14. The zero-order chi connectivity index (χ0) is 21.6. The second kappa shape index (κ2) is 9.53. The van der Waals surface area contributed by atoms with Gasteiger partial charge < -0.3 is 14.5 Å². The Morgan fingerprint density at radius 2 is 1.74 bits per heavy atom. The average molecular weight is 436 g/mol. The first kappa shape index (κ1) is 20.7. The summed E-state index contributed by atoms with van der Waals surface area (Å²) in [5.74, 6) is -0.885. The molecular formula is C23H21N3O4S. The lowest BCUT2D eigenvalue weighted by molar-refractivity contribution is -0.148. The lowest BCUT2D eigenvalue weighted by atomic mass is 10.2. The van der Waals surface area contributed by atoms with Gasteiger partial charge in [0.1, 0.15) is 0 Å². The first-order valence-electron chi connectivity index (χ1n) is 9.91. The molecule has 158 valence electrons. The summed E-state index contributed by atoms with van der Waals surface area (Å²) in [4.78, 5) is 45.2. The van der Waals surface area contributed by atoms with Crippen LogP contribution in [0.15, 0.2) is 60.0 Å². The minimum absolute atomic E-state index is 0.0130. The molecule has 4 rings (SSSR count). The predicted octanol–water partition coefficient (Wildman–Crippen LogP) is 2.84. The number of hydrogen-bond acceptors (Lipinski definition) is 6. The largest absolute Gasteiger partial charge is 0.452 e. The Kier molecular flexibility index (Phi) is 6.37. The monoisotopic (exact) mass is 435 g/mol. The van der Waals surface area contributed by atoms with Gasteiger partial charge in [0.25, 0.3) is 11.8 Å². The maximum absolute atomic E-state index is 12.4. The minimum Gasteiger partial charge on any atom is -0.452 e. The van der Waals surface area contributed by atoms with Gasteiger partial charge in [0.15, 0.2) is 6.61 Å². The van der Waals surface area contributed by atoms with Gasteiger partial charge >= 0.3 is 5.97 Å². The molecule has 1 fully saturated rings. The van der Waals surface area contributed by atoms with Crippen LogP contribution in [0.4, 0.5) is 0 Å². The summed E-state index contributed by atoms with van der Waals surface area (Å²) in [6.07, 6.45) is 2.83. The third-order valence-corrected chi connectivity index (χ3v) is 5.86. The molecule has 3 heterocycles. The maximum atomic E-state index is 12.4. The fourth-order valence-corrected chi connectivity index (χ4v) is 4.01. The molecule has 31 heavy (non-hydrogen) atoms. The quantitative estimate of drug-likeness (QED) is 0.455. The summed E-state index contributed by atoms with van der Waals surface area (Å²) >= 11 is 1.41. The summed E-state index contributed by atoms with van der Waals surface area (Å²) < 4.78 is 5.08. The Morgan fingerprint density at radius 3 is 2.52 bits per heavy atom. The molecule has 8 heteroatoms. The number of carbonyl (C=O) groups excluding carboxylic acids is 3. The maximum Gasteiger partial charge on any atom is 0.331 e. The highest BCUT2D eigenvalue weighted by atomic mass is 32.1. The number of benzene rings is 1. The SMILES string of the molecule is O=C(/C=C/c1ccc2ccccc2n1)OCC(=O)N1CCN(C(=O)c2cccs2)CC1. The Labute approximate surface area is 183 Å². The molecule has 0 saturated carbocycles. The summed E-state index contributed by atoms with van der Waals surface area (Å²) in [5.41, 5.74) is 1.47. The van der Waals surface area contributed by atoms with E-state index in [2.05, 4.69) is 4.98 Å². The fraction of sp³-hybridized carbons (Fsp3) is 0.217. The highest BCUT2D eigenvalue weighted by molar-refractivity contribution is 7.12. The standard InChI is InChI=1S/C23H21N3O4S/c27-21(25-11-13-26(14-12-25)23(29)20-6-3-15-31-20)16-30-22(28)10-9-18-8-7-17-4-1-2-5-19(17)24-18/h1-10,15H,11-14,16H2/b10-9+. The lowest BCUT2D eigenvalue weighted by Gasteiger charge is -2.34. The molecule has 1 saturated heterocycles. The van der Waals surface area contributed by atoms with E-state index in [1.165, 1.54) is 17.4 Å². The zero-order valence-corrected chi connectivity index (χ0v) is 17.6. The van der Waals surface area contributed by atoms with Crippen LogP contribution in [0.1, 0.15) is 15.4 Å². The number of hydrogen-bond donors (Lipinski definition) is 0. The predicted molar refractivity (Wildman–Crippen MR) is 119 cm³/mol. The van der Waals surface area contributed by atoms with Crippen LogP contribution in [0.2, 0.25) is 0 Å². The van der Waals surface area contributed by atoms with E-state index in [1.54, 1.807) is 21.9 Å². The van der Waals surface area contributed by atoms with Crippen molar-refractivity contribution in [1.29, 1.82) is 0 Å². The van der Waals surface area contributed by atoms with Gasteiger partial charge in [-0.1, -0.05) is 30.3 Å². The molecule has 0 unspecified atom stereocenters. The first-order chi connectivity index (χ1) is 15.1. The molecule has 2 aromatic heterocycles. The third kappa shape index (κ3) is 5.16. The number of amides is 2. The van der Waals surface area contributed by atoms with Crippen molar-refractivity contribution in [3.8, 4) is 0 Å². The molecule has 0 atom stereocenters. The summed E-state index contributed by atoms with van der Waals surface area (Å²) in [7, 11) is 0. The molecule has 0 N–H and O–H groups in total. The number of nitrogens with zero attached hydrogens (tertiary/aromatic N) is 3. The fourth-order valence-electron chi connectivity index (χ4n) is 3.32. The molecule has 0 bridgehead atoms. The van der Waals surface area contributed by atoms with Gasteiger partial charge in [-0.25, -0.2) is 9.78 Å². The van der Waals surface area contributed by atoms with Crippen LogP contribution in [0.3, 0.4) is 0 Å². The number of ether oxygens (including phenoxy) is 1. The Balaban J connectivity index is 1.23. The molecule has 0 radical (unpaired) electrons. The van der Waals surface area contributed by atoms with E-state index < -0.39 is 5.97 Å². The van der Waals surface area contributed by atoms with Gasteiger partial charge in [-0.2, -0.15) is 0 Å². The normalized spacial score (nSPS) is 14.2. The van der Waals surface area contributed by atoms with Crippen molar-refractivity contribution < 1.29 is 19.1 Å². The van der Waals surface area contributed by atoms with E-state index in [-0.39, 0.29) is 18.4 Å². The van der Waals surface area contributed by atoms with Crippen molar-refractivity contribution in [2.45, 2.75) is 0 Å². The number of para-hydroxylation sites is 1. The van der Waals surface area contributed by atoms with Gasteiger partial charge in [-0.05, 0) is 29.7 Å². The summed E-state index contributed by atoms with van der Waals surface area (Å²) in [6.45, 7) is 1.44. The van der Waals surface area contributed by atoms with Crippen LogP contribution in [-0.4, -0.2) is 65.4 Å². The van der Waals surface area contributed by atoms with Crippen molar-refractivity contribution in [3.63, 3.8) is 0 Å². The van der Waals surface area contributed by atoms with Crippen molar-refractivity contribution >= 4 is 46.1 Å². The average Bonchev–Trinajstić information content (AvgIpc) is 3.35. The third-order valence-electron chi connectivity index (χ3n) is 5.00. The van der Waals surface area contributed by atoms with Crippen LogP contribution in [0.5, 0.6) is 0 Å². The number of carbonyl (C=O) groups is 3. The molecular weight excluding hydrogens is 414 g/mol.